The molecule has 1 fully saturated rings. The molecule has 4 heteroatoms. The zero-order chi connectivity index (χ0) is 15.9. The van der Waals surface area contributed by atoms with Gasteiger partial charge in [0.25, 0.3) is 0 Å². The van der Waals surface area contributed by atoms with Crippen LogP contribution < -0.4 is 0 Å². The molecule has 3 nitrogen and oxygen atoms in total. The van der Waals surface area contributed by atoms with Crippen molar-refractivity contribution in [1.29, 1.82) is 0 Å². The molecule has 114 valence electrons. The zero-order valence-corrected chi connectivity index (χ0v) is 13.4. The Bertz CT molecular complexity index is 669. The van der Waals surface area contributed by atoms with E-state index in [0.29, 0.717) is 30.0 Å². The Hall–Kier alpha value is -0.970. The molecule has 0 spiro atoms. The molecule has 1 saturated carbocycles. The molecule has 0 radical (unpaired) electrons. The lowest BCUT2D eigenvalue weighted by Crippen LogP contribution is -2.16. The second-order valence-electron chi connectivity index (χ2n) is 6.61. The van der Waals surface area contributed by atoms with E-state index in [4.69, 9.17) is 6.35 Å². The number of rotatable bonds is 3. The first kappa shape index (κ1) is 13.7. The Morgan fingerprint density at radius 3 is 2.71 bits per heavy atom. The Balaban J connectivity index is 1.90. The molecular weight excluding hydrogens is 282 g/mol. The van der Waals surface area contributed by atoms with Gasteiger partial charge in [-0.25, -0.2) is 4.98 Å². The first-order valence-corrected chi connectivity index (χ1v) is 8.45. The van der Waals surface area contributed by atoms with E-state index in [1.54, 1.807) is 25.2 Å². The average molecular weight is 306 g/mol. The van der Waals surface area contributed by atoms with Gasteiger partial charge in [-0.3, -0.25) is 0 Å². The molecule has 1 aliphatic rings. The van der Waals surface area contributed by atoms with Crippen LogP contribution in [0.2, 0.25) is 0 Å². The molecule has 0 atom stereocenters. The van der Waals surface area contributed by atoms with E-state index < -0.39 is 5.60 Å². The van der Waals surface area contributed by atoms with Crippen molar-refractivity contribution < 1.29 is 11.6 Å². The van der Waals surface area contributed by atoms with Gasteiger partial charge in [0.05, 0.1) is 22.2 Å². The molecule has 0 bridgehead atoms. The summed E-state index contributed by atoms with van der Waals surface area (Å²) >= 11 is 1.67. The molecule has 1 aromatic heterocycles. The van der Waals surface area contributed by atoms with Gasteiger partial charge in [0, 0.05) is 12.5 Å². The van der Waals surface area contributed by atoms with Gasteiger partial charge in [-0.2, -0.15) is 0 Å². The number of fused-ring (bicyclic) bond motifs is 1. The minimum atomic E-state index is -1.02. The van der Waals surface area contributed by atoms with Crippen LogP contribution in [0.15, 0.2) is 18.2 Å². The van der Waals surface area contributed by atoms with E-state index >= 15 is 0 Å². The second-order valence-corrected chi connectivity index (χ2v) is 7.67. The lowest BCUT2D eigenvalue weighted by Gasteiger charge is -2.25. The minimum absolute atomic E-state index is 0.295. The van der Waals surface area contributed by atoms with E-state index in [1.165, 1.54) is 0 Å². The van der Waals surface area contributed by atoms with Crippen molar-refractivity contribution in [3.8, 4) is 0 Å². The first-order valence-electron chi connectivity index (χ1n) is 8.13. The average Bonchev–Trinajstić information content (AvgIpc) is 2.88. The van der Waals surface area contributed by atoms with Crippen LogP contribution >= 0.6 is 11.3 Å². The summed E-state index contributed by atoms with van der Waals surface area (Å²) in [6.45, 7) is 3.70. The van der Waals surface area contributed by atoms with Crippen LogP contribution in [0.4, 0.5) is 0 Å². The highest BCUT2D eigenvalue weighted by molar-refractivity contribution is 7.18. The highest BCUT2D eigenvalue weighted by Gasteiger charge is 2.25. The van der Waals surface area contributed by atoms with Gasteiger partial charge in [0.2, 0.25) is 0 Å². The van der Waals surface area contributed by atoms with Crippen molar-refractivity contribution in [2.75, 3.05) is 6.61 Å². The van der Waals surface area contributed by atoms with Gasteiger partial charge < -0.3 is 10.2 Å². The summed E-state index contributed by atoms with van der Waals surface area (Å²) in [5.41, 5.74) is 0.493. The summed E-state index contributed by atoms with van der Waals surface area (Å²) in [6.07, 6.45) is 4.29. The van der Waals surface area contributed by atoms with Crippen LogP contribution in [-0.2, 0) is 5.60 Å². The zero-order valence-electron chi connectivity index (χ0n) is 13.6. The molecule has 1 aliphatic carbocycles. The van der Waals surface area contributed by atoms with E-state index in [2.05, 4.69) is 0 Å². The van der Waals surface area contributed by atoms with Crippen molar-refractivity contribution >= 4 is 21.6 Å². The Morgan fingerprint density at radius 2 is 2.10 bits per heavy atom. The summed E-state index contributed by atoms with van der Waals surface area (Å²) in [7, 11) is 0. The van der Waals surface area contributed by atoms with Gasteiger partial charge in [-0.15, -0.1) is 11.3 Å². The van der Waals surface area contributed by atoms with Gasteiger partial charge in [0.1, 0.15) is 0 Å². The Kier molecular flexibility index (Phi) is 3.69. The summed E-state index contributed by atoms with van der Waals surface area (Å²) < 4.78 is 9.13. The monoisotopic (exact) mass is 306 g/mol. The summed E-state index contributed by atoms with van der Waals surface area (Å²) in [4.78, 5) is 4.76. The summed E-state index contributed by atoms with van der Waals surface area (Å²) in [5.74, 6) is 0.923. The third-order valence-electron chi connectivity index (χ3n) is 4.45. The fourth-order valence-electron chi connectivity index (χ4n) is 3.01. The predicted octanol–water partition coefficient (Wildman–Crippen LogP) is 3.79. The number of thiazole rings is 1. The molecule has 1 aromatic carbocycles. The molecule has 0 aliphatic heterocycles. The molecule has 21 heavy (non-hydrogen) atoms. The van der Waals surface area contributed by atoms with Crippen LogP contribution in [-0.4, -0.2) is 21.8 Å². The van der Waals surface area contributed by atoms with Crippen molar-refractivity contribution in [2.45, 2.75) is 51.0 Å². The number of hydrogen-bond acceptors (Lipinski definition) is 4. The van der Waals surface area contributed by atoms with Crippen molar-refractivity contribution in [3.63, 3.8) is 0 Å². The number of nitrogens with zero attached hydrogens (tertiary/aromatic N) is 1. The molecule has 0 saturated heterocycles. The quantitative estimate of drug-likeness (QED) is 0.907. The molecular formula is C17H23NO2S. The fourth-order valence-corrected chi connectivity index (χ4v) is 4.11. The number of aromatic nitrogens is 1. The van der Waals surface area contributed by atoms with E-state index in [0.717, 1.165) is 40.9 Å². The maximum Gasteiger partial charge on any atom is 0.0969 e. The van der Waals surface area contributed by atoms with Gasteiger partial charge >= 0.3 is 0 Å². The van der Waals surface area contributed by atoms with Crippen LogP contribution in [0.3, 0.4) is 0 Å². The summed E-state index contributed by atoms with van der Waals surface area (Å²) in [5, 5.41) is 20.6. The van der Waals surface area contributed by atoms with E-state index in [1.807, 2.05) is 12.1 Å². The van der Waals surface area contributed by atoms with Gasteiger partial charge in [-0.05, 0) is 63.1 Å². The van der Waals surface area contributed by atoms with Gasteiger partial charge in [0.15, 0.2) is 0 Å². The van der Waals surface area contributed by atoms with Crippen molar-refractivity contribution in [2.24, 2.45) is 5.92 Å². The third kappa shape index (κ3) is 3.12. The maximum atomic E-state index is 10.2. The lowest BCUT2D eigenvalue weighted by molar-refractivity contribution is 0.0787. The Morgan fingerprint density at radius 1 is 1.38 bits per heavy atom. The van der Waals surface area contributed by atoms with E-state index in [-0.39, 0.29) is 0 Å². The number of hydrogen-bond donors (Lipinski definition) is 2. The van der Waals surface area contributed by atoms with Crippen LogP contribution in [0.5, 0.6) is 0 Å². The highest BCUT2D eigenvalue weighted by Crippen LogP contribution is 2.39. The maximum absolute atomic E-state index is 10.2. The van der Waals surface area contributed by atoms with Crippen LogP contribution in [0, 0.1) is 5.92 Å². The summed E-state index contributed by atoms with van der Waals surface area (Å²) in [6, 6.07) is 4.05. The lowest BCUT2D eigenvalue weighted by atomic mass is 9.83. The second kappa shape index (κ2) is 5.67. The molecule has 2 N–H and O–H groups in total. The third-order valence-corrected chi connectivity index (χ3v) is 5.63. The molecule has 0 unspecified atom stereocenters. The van der Waals surface area contributed by atoms with E-state index in [9.17, 15) is 10.2 Å². The minimum Gasteiger partial charge on any atom is -0.396 e. The number of benzene rings is 1. The van der Waals surface area contributed by atoms with Crippen molar-refractivity contribution in [3.05, 3.63) is 28.7 Å². The van der Waals surface area contributed by atoms with Crippen molar-refractivity contribution in [1.82, 2.24) is 4.98 Å². The highest BCUT2D eigenvalue weighted by atomic mass is 32.1. The molecule has 1 heterocycles. The predicted molar refractivity (Wildman–Crippen MR) is 86.6 cm³/mol. The largest absolute Gasteiger partial charge is 0.396 e. The smallest absolute Gasteiger partial charge is 0.0969 e. The topological polar surface area (TPSA) is 53.4 Å². The first-order chi connectivity index (χ1) is 10.4. The van der Waals surface area contributed by atoms with Crippen LogP contribution in [0.1, 0.15) is 57.4 Å². The fraction of sp³-hybridized carbons (Fsp3) is 0.588. The standard InChI is InChI=1S/C17H23NO2S/c1-17(2,20)13-7-8-15-14(9-13)18-16(21-15)12-5-3-11(10-19)4-6-12/h7-9,11-12,19-20H,3-6,10H2,1-2H3/i7D. The molecule has 2 aromatic rings. The van der Waals surface area contributed by atoms with Crippen LogP contribution in [0.25, 0.3) is 10.2 Å². The number of aliphatic hydroxyl groups excluding tert-OH is 1. The van der Waals surface area contributed by atoms with Gasteiger partial charge in [-0.1, -0.05) is 6.04 Å². The molecule has 3 rings (SSSR count). The number of aliphatic hydroxyl groups is 2. The SMILES string of the molecule is [2H]c1cc2sc(C3CCC(CO)CC3)nc2cc1C(C)(C)O. The Labute approximate surface area is 131 Å². The molecule has 0 amide bonds. The normalized spacial score (nSPS) is 24.3.